The van der Waals surface area contributed by atoms with Crippen molar-refractivity contribution < 1.29 is 19.1 Å². The predicted octanol–water partition coefficient (Wildman–Crippen LogP) is 6.09. The van der Waals surface area contributed by atoms with Crippen molar-refractivity contribution in [3.8, 4) is 56.5 Å². The summed E-state index contributed by atoms with van der Waals surface area (Å²) in [6.07, 6.45) is 0. The second-order valence-corrected chi connectivity index (χ2v) is 8.73. The van der Waals surface area contributed by atoms with Gasteiger partial charge in [0, 0.05) is 36.1 Å². The van der Waals surface area contributed by atoms with Crippen molar-refractivity contribution in [2.24, 2.45) is 0 Å². The van der Waals surface area contributed by atoms with Gasteiger partial charge in [-0.05, 0) is 66.7 Å². The third kappa shape index (κ3) is 4.71. The number of aromatic nitrogens is 4. The number of hydrogen-bond donors (Lipinski definition) is 0. The first-order chi connectivity index (χ1) is 18.4. The molecule has 0 saturated carbocycles. The topological polar surface area (TPSA) is 88.2 Å². The molecule has 0 aliphatic rings. The molecule has 0 bridgehead atoms. The monoisotopic (exact) mass is 506 g/mol. The minimum Gasteiger partial charge on any atom is -0.497 e. The zero-order valence-electron chi connectivity index (χ0n) is 21.5. The van der Waals surface area contributed by atoms with Gasteiger partial charge in [0.2, 0.25) is 11.8 Å². The Morgan fingerprint density at radius 3 is 1.32 bits per heavy atom. The summed E-state index contributed by atoms with van der Waals surface area (Å²) in [6, 6.07) is 26.4. The highest BCUT2D eigenvalue weighted by Crippen LogP contribution is 2.32. The van der Waals surface area contributed by atoms with E-state index in [1.54, 1.807) is 14.2 Å². The molecule has 2 heterocycles. The van der Waals surface area contributed by atoms with Gasteiger partial charge in [0.25, 0.3) is 0 Å². The van der Waals surface area contributed by atoms with Crippen LogP contribution in [0.15, 0.2) is 84.9 Å². The zero-order valence-corrected chi connectivity index (χ0v) is 21.5. The van der Waals surface area contributed by atoms with Crippen LogP contribution in [0.2, 0.25) is 0 Å². The fourth-order valence-corrected chi connectivity index (χ4v) is 4.30. The van der Waals surface area contributed by atoms with E-state index in [0.29, 0.717) is 22.8 Å². The number of rotatable bonds is 6. The first kappa shape index (κ1) is 24.7. The molecule has 190 valence electrons. The van der Waals surface area contributed by atoms with E-state index in [2.05, 4.69) is 10.2 Å². The Labute approximate surface area is 220 Å². The van der Waals surface area contributed by atoms with Gasteiger partial charge in [-0.2, -0.15) is 19.6 Å². The summed E-state index contributed by atoms with van der Waals surface area (Å²) in [5.74, 6) is 1.06. The van der Waals surface area contributed by atoms with Crippen molar-refractivity contribution in [1.29, 1.82) is 0 Å². The van der Waals surface area contributed by atoms with Gasteiger partial charge in [-0.25, -0.2) is 0 Å². The molecule has 8 nitrogen and oxygen atoms in total. The lowest BCUT2D eigenvalue weighted by molar-refractivity contribution is 0.0915. The van der Waals surface area contributed by atoms with Crippen molar-refractivity contribution in [1.82, 2.24) is 19.6 Å². The lowest BCUT2D eigenvalue weighted by Crippen LogP contribution is -2.10. The van der Waals surface area contributed by atoms with E-state index in [-0.39, 0.29) is 11.8 Å². The van der Waals surface area contributed by atoms with Gasteiger partial charge >= 0.3 is 0 Å². The van der Waals surface area contributed by atoms with E-state index < -0.39 is 0 Å². The van der Waals surface area contributed by atoms with Crippen molar-refractivity contribution in [2.75, 3.05) is 14.2 Å². The number of ether oxygens (including phenoxy) is 2. The van der Waals surface area contributed by atoms with E-state index in [1.165, 1.54) is 23.2 Å². The molecule has 0 unspecified atom stereocenters. The summed E-state index contributed by atoms with van der Waals surface area (Å²) in [5.41, 5.74) is 5.92. The largest absolute Gasteiger partial charge is 0.497 e. The molecule has 38 heavy (non-hydrogen) atoms. The Morgan fingerprint density at radius 1 is 0.579 bits per heavy atom. The molecule has 5 aromatic rings. The zero-order chi connectivity index (χ0) is 26.8. The Kier molecular flexibility index (Phi) is 6.62. The van der Waals surface area contributed by atoms with E-state index in [4.69, 9.17) is 9.47 Å². The smallest absolute Gasteiger partial charge is 0.244 e. The SMILES string of the molecule is COc1ccc(-c2cc(-c3cccc(-c4cc(-c5ccc(OC)cc5)nn4C(C)=O)c3)n(C(C)=O)n2)cc1. The fraction of sp³-hybridized carbons (Fsp3) is 0.133. The van der Waals surface area contributed by atoms with Crippen LogP contribution < -0.4 is 9.47 Å². The summed E-state index contributed by atoms with van der Waals surface area (Å²) in [5, 5.41) is 9.12. The van der Waals surface area contributed by atoms with Gasteiger partial charge in [0.1, 0.15) is 11.5 Å². The molecule has 8 heteroatoms. The number of carbonyl (C=O) groups is 2. The van der Waals surface area contributed by atoms with E-state index >= 15 is 0 Å². The Hall–Kier alpha value is -4.98. The maximum Gasteiger partial charge on any atom is 0.244 e. The first-order valence-corrected chi connectivity index (χ1v) is 12.0. The van der Waals surface area contributed by atoms with Crippen LogP contribution >= 0.6 is 0 Å². The maximum atomic E-state index is 12.5. The second-order valence-electron chi connectivity index (χ2n) is 8.73. The average molecular weight is 507 g/mol. The molecular weight excluding hydrogens is 480 g/mol. The molecule has 0 fully saturated rings. The van der Waals surface area contributed by atoms with Gasteiger partial charge in [0.05, 0.1) is 37.0 Å². The van der Waals surface area contributed by atoms with Gasteiger partial charge in [0.15, 0.2) is 0 Å². The highest BCUT2D eigenvalue weighted by atomic mass is 16.5. The number of hydrogen-bond acceptors (Lipinski definition) is 6. The molecule has 5 rings (SSSR count). The fourth-order valence-electron chi connectivity index (χ4n) is 4.30. The predicted molar refractivity (Wildman–Crippen MR) is 145 cm³/mol. The van der Waals surface area contributed by atoms with Crippen molar-refractivity contribution in [3.05, 3.63) is 84.9 Å². The van der Waals surface area contributed by atoms with Gasteiger partial charge in [-0.3, -0.25) is 9.59 Å². The third-order valence-corrected chi connectivity index (χ3v) is 6.24. The van der Waals surface area contributed by atoms with Crippen molar-refractivity contribution in [3.63, 3.8) is 0 Å². The quantitative estimate of drug-likeness (QED) is 0.277. The van der Waals surface area contributed by atoms with Gasteiger partial charge in [-0.1, -0.05) is 18.2 Å². The summed E-state index contributed by atoms with van der Waals surface area (Å²) in [4.78, 5) is 25.0. The summed E-state index contributed by atoms with van der Waals surface area (Å²) in [6.45, 7) is 2.95. The average Bonchev–Trinajstić information content (AvgIpc) is 3.59. The molecule has 0 radical (unpaired) electrons. The summed E-state index contributed by atoms with van der Waals surface area (Å²) >= 11 is 0. The van der Waals surface area contributed by atoms with Crippen molar-refractivity contribution >= 4 is 11.8 Å². The first-order valence-electron chi connectivity index (χ1n) is 12.0. The van der Waals surface area contributed by atoms with Gasteiger partial charge < -0.3 is 9.47 Å². The standard InChI is InChI=1S/C30H26N4O4/c1-19(35)33-29(17-27(31-33)21-8-12-25(37-3)13-9-21)23-6-5-7-24(16-23)30-18-28(32-34(30)20(2)36)22-10-14-26(38-4)15-11-22/h5-18H,1-4H3. The molecule has 0 N–H and O–H groups in total. The Bertz CT molecular complexity index is 1510. The van der Waals surface area contributed by atoms with Crippen LogP contribution in [0.3, 0.4) is 0 Å². The van der Waals surface area contributed by atoms with E-state index in [9.17, 15) is 9.59 Å². The second kappa shape index (κ2) is 10.2. The molecule has 0 amide bonds. The Balaban J connectivity index is 1.57. The molecule has 0 aliphatic heterocycles. The molecular formula is C30H26N4O4. The molecule has 3 aromatic carbocycles. The molecule has 0 atom stereocenters. The van der Waals surface area contributed by atoms with Crippen LogP contribution in [0.1, 0.15) is 23.4 Å². The Morgan fingerprint density at radius 2 is 0.974 bits per heavy atom. The number of nitrogens with zero attached hydrogens (tertiary/aromatic N) is 4. The highest BCUT2D eigenvalue weighted by molar-refractivity contribution is 5.87. The van der Waals surface area contributed by atoms with Crippen molar-refractivity contribution in [2.45, 2.75) is 13.8 Å². The molecule has 0 aliphatic carbocycles. The van der Waals surface area contributed by atoms with Crippen LogP contribution in [0.5, 0.6) is 11.5 Å². The van der Waals surface area contributed by atoms with E-state index in [0.717, 1.165) is 33.8 Å². The normalized spacial score (nSPS) is 10.8. The molecule has 0 spiro atoms. The minimum atomic E-state index is -0.208. The van der Waals surface area contributed by atoms with Crippen LogP contribution in [0, 0.1) is 0 Å². The number of carbonyl (C=O) groups excluding carboxylic acids is 2. The lowest BCUT2D eigenvalue weighted by Gasteiger charge is -2.07. The summed E-state index contributed by atoms with van der Waals surface area (Å²) in [7, 11) is 3.23. The van der Waals surface area contributed by atoms with E-state index in [1.807, 2.05) is 84.9 Å². The lowest BCUT2D eigenvalue weighted by atomic mass is 10.0. The number of methoxy groups -OCH3 is 2. The summed E-state index contributed by atoms with van der Waals surface area (Å²) < 4.78 is 13.3. The van der Waals surface area contributed by atoms with Gasteiger partial charge in [-0.15, -0.1) is 0 Å². The maximum absolute atomic E-state index is 12.5. The van der Waals surface area contributed by atoms with Crippen LogP contribution in [-0.4, -0.2) is 45.6 Å². The highest BCUT2D eigenvalue weighted by Gasteiger charge is 2.18. The molecule has 0 saturated heterocycles. The minimum absolute atomic E-state index is 0.208. The number of benzene rings is 3. The van der Waals surface area contributed by atoms with Crippen LogP contribution in [0.25, 0.3) is 45.0 Å². The molecule has 2 aromatic heterocycles. The van der Waals surface area contributed by atoms with Crippen LogP contribution in [0.4, 0.5) is 0 Å². The van der Waals surface area contributed by atoms with Crippen LogP contribution in [-0.2, 0) is 0 Å². The third-order valence-electron chi connectivity index (χ3n) is 6.24.